The average Bonchev–Trinajstić information content (AvgIpc) is 3.20. The van der Waals surface area contributed by atoms with Crippen molar-refractivity contribution in [3.8, 4) is 6.07 Å². The van der Waals surface area contributed by atoms with Crippen LogP contribution in [0.1, 0.15) is 25.3 Å². The SMILES string of the molecule is CC(=N)C(C#N)C(=O)COC(=O)[C@@H]1CS[C@@]2(c3ccc(F)cc3)CCC(=O)N12. The van der Waals surface area contributed by atoms with E-state index in [1.807, 2.05) is 0 Å². The van der Waals surface area contributed by atoms with Crippen molar-refractivity contribution in [2.24, 2.45) is 5.92 Å². The van der Waals surface area contributed by atoms with E-state index in [2.05, 4.69) is 0 Å². The fourth-order valence-electron chi connectivity index (χ4n) is 3.56. The summed E-state index contributed by atoms with van der Waals surface area (Å²) in [5.74, 6) is -2.94. The lowest BCUT2D eigenvalue weighted by molar-refractivity contribution is -0.156. The quantitative estimate of drug-likeness (QED) is 0.574. The van der Waals surface area contributed by atoms with Crippen molar-refractivity contribution in [1.29, 1.82) is 10.7 Å². The molecule has 0 saturated carbocycles. The normalized spacial score (nSPS) is 24.4. The van der Waals surface area contributed by atoms with Crippen LogP contribution in [0.2, 0.25) is 0 Å². The molecule has 9 heteroatoms. The molecule has 1 aromatic rings. The van der Waals surface area contributed by atoms with E-state index in [0.717, 1.165) is 5.56 Å². The van der Waals surface area contributed by atoms with Crippen LogP contribution in [-0.4, -0.2) is 46.7 Å². The standard InChI is InChI=1S/C19H18FN3O4S/c1-11(22)14(8-21)16(24)9-27-18(26)15-10-28-19(7-6-17(25)23(15)19)12-2-4-13(20)5-3-12/h2-5,14-15,22H,6-7,9-10H2,1H3/t14?,15-,19+/m0/s1. The van der Waals surface area contributed by atoms with Crippen LogP contribution in [-0.2, 0) is 24.0 Å². The van der Waals surface area contributed by atoms with Gasteiger partial charge in [-0.1, -0.05) is 12.1 Å². The number of benzene rings is 1. The van der Waals surface area contributed by atoms with Gasteiger partial charge in [-0.3, -0.25) is 9.59 Å². The van der Waals surface area contributed by atoms with Crippen molar-refractivity contribution >= 4 is 35.1 Å². The molecule has 2 heterocycles. The Balaban J connectivity index is 1.75. The Morgan fingerprint density at radius 1 is 1.46 bits per heavy atom. The second kappa shape index (κ2) is 7.72. The minimum absolute atomic E-state index is 0.120. The molecule has 0 spiro atoms. The number of fused-ring (bicyclic) bond motifs is 1. The molecule has 2 saturated heterocycles. The molecule has 1 N–H and O–H groups in total. The van der Waals surface area contributed by atoms with Crippen molar-refractivity contribution in [1.82, 2.24) is 4.90 Å². The zero-order valence-corrected chi connectivity index (χ0v) is 15.9. The molecule has 0 aromatic heterocycles. The van der Waals surface area contributed by atoms with Crippen molar-refractivity contribution in [2.75, 3.05) is 12.4 Å². The zero-order valence-electron chi connectivity index (χ0n) is 15.1. The Labute approximate surface area is 165 Å². The predicted octanol–water partition coefficient (Wildman–Crippen LogP) is 2.01. The molecule has 0 bridgehead atoms. The van der Waals surface area contributed by atoms with Crippen LogP contribution in [0.4, 0.5) is 4.39 Å². The lowest BCUT2D eigenvalue weighted by atomic mass is 10.0. The highest BCUT2D eigenvalue weighted by molar-refractivity contribution is 8.00. The maximum absolute atomic E-state index is 13.3. The molecule has 2 aliphatic rings. The third-order valence-electron chi connectivity index (χ3n) is 4.94. The summed E-state index contributed by atoms with van der Waals surface area (Å²) in [6, 6.07) is 6.69. The van der Waals surface area contributed by atoms with Crippen molar-refractivity contribution in [2.45, 2.75) is 30.7 Å². The number of thioether (sulfide) groups is 1. The number of Topliss-reactive ketones (excluding diaryl/α,β-unsaturated/α-hetero) is 1. The Morgan fingerprint density at radius 2 is 2.14 bits per heavy atom. The number of halogens is 1. The van der Waals surface area contributed by atoms with Gasteiger partial charge in [0.05, 0.1) is 6.07 Å². The van der Waals surface area contributed by atoms with Gasteiger partial charge >= 0.3 is 5.97 Å². The molecular weight excluding hydrogens is 385 g/mol. The van der Waals surface area contributed by atoms with Crippen LogP contribution >= 0.6 is 11.8 Å². The number of carbonyl (C=O) groups is 3. The number of ketones is 1. The van der Waals surface area contributed by atoms with Crippen LogP contribution in [0, 0.1) is 28.5 Å². The molecule has 7 nitrogen and oxygen atoms in total. The summed E-state index contributed by atoms with van der Waals surface area (Å²) in [5, 5.41) is 16.4. The van der Waals surface area contributed by atoms with E-state index >= 15 is 0 Å². The maximum atomic E-state index is 13.3. The minimum atomic E-state index is -1.25. The Hall–Kier alpha value is -2.73. The third kappa shape index (κ3) is 3.40. The van der Waals surface area contributed by atoms with Crippen molar-refractivity contribution in [3.05, 3.63) is 35.6 Å². The number of nitrogens with zero attached hydrogens (tertiary/aromatic N) is 2. The lowest BCUT2D eigenvalue weighted by Crippen LogP contribution is -2.47. The lowest BCUT2D eigenvalue weighted by Gasteiger charge is -2.33. The zero-order chi connectivity index (χ0) is 20.5. The van der Waals surface area contributed by atoms with E-state index in [4.69, 9.17) is 15.4 Å². The van der Waals surface area contributed by atoms with Gasteiger partial charge in [0.15, 0.2) is 12.4 Å². The monoisotopic (exact) mass is 403 g/mol. The van der Waals surface area contributed by atoms with E-state index in [-0.39, 0.29) is 23.9 Å². The summed E-state index contributed by atoms with van der Waals surface area (Å²) in [6.07, 6.45) is 0.755. The van der Waals surface area contributed by atoms with Crippen LogP contribution in [0.25, 0.3) is 0 Å². The maximum Gasteiger partial charge on any atom is 0.330 e. The van der Waals surface area contributed by atoms with E-state index in [1.165, 1.54) is 35.7 Å². The number of nitriles is 1. The molecule has 2 aliphatic heterocycles. The highest BCUT2D eigenvalue weighted by Crippen LogP contribution is 2.54. The molecule has 1 aromatic carbocycles. The summed E-state index contributed by atoms with van der Waals surface area (Å²) < 4.78 is 18.4. The number of carbonyl (C=O) groups excluding carboxylic acids is 3. The summed E-state index contributed by atoms with van der Waals surface area (Å²) in [5.41, 5.74) is 0.616. The number of rotatable bonds is 6. The van der Waals surface area contributed by atoms with Gasteiger partial charge < -0.3 is 15.0 Å². The first-order valence-electron chi connectivity index (χ1n) is 8.66. The summed E-state index contributed by atoms with van der Waals surface area (Å²) in [4.78, 5) is 37.8. The van der Waals surface area contributed by atoms with E-state index in [1.54, 1.807) is 18.2 Å². The second-order valence-electron chi connectivity index (χ2n) is 6.70. The molecule has 1 unspecified atom stereocenters. The van der Waals surface area contributed by atoms with Crippen LogP contribution in [0.5, 0.6) is 0 Å². The summed E-state index contributed by atoms with van der Waals surface area (Å²) >= 11 is 1.42. The van der Waals surface area contributed by atoms with Crippen molar-refractivity contribution in [3.63, 3.8) is 0 Å². The molecule has 1 amide bonds. The molecule has 0 radical (unpaired) electrons. The van der Waals surface area contributed by atoms with Crippen LogP contribution in [0.3, 0.4) is 0 Å². The summed E-state index contributed by atoms with van der Waals surface area (Å²) in [6.45, 7) is 0.710. The predicted molar refractivity (Wildman–Crippen MR) is 98.9 cm³/mol. The fraction of sp³-hybridized carbons (Fsp3) is 0.421. The molecule has 146 valence electrons. The highest BCUT2D eigenvalue weighted by atomic mass is 32.2. The van der Waals surface area contributed by atoms with Gasteiger partial charge in [-0.25, -0.2) is 9.18 Å². The van der Waals surface area contributed by atoms with Gasteiger partial charge in [0.25, 0.3) is 0 Å². The smallest absolute Gasteiger partial charge is 0.330 e. The number of hydrogen-bond acceptors (Lipinski definition) is 7. The van der Waals surface area contributed by atoms with Gasteiger partial charge in [-0.2, -0.15) is 5.26 Å². The van der Waals surface area contributed by atoms with Gasteiger partial charge in [-0.05, 0) is 31.0 Å². The Morgan fingerprint density at radius 3 is 2.75 bits per heavy atom. The van der Waals surface area contributed by atoms with E-state index in [9.17, 15) is 18.8 Å². The number of esters is 1. The largest absolute Gasteiger partial charge is 0.456 e. The highest BCUT2D eigenvalue weighted by Gasteiger charge is 2.57. The van der Waals surface area contributed by atoms with Crippen LogP contribution in [0.15, 0.2) is 24.3 Å². The molecule has 0 aliphatic carbocycles. The van der Waals surface area contributed by atoms with Crippen LogP contribution < -0.4 is 0 Å². The van der Waals surface area contributed by atoms with Gasteiger partial charge in [0.2, 0.25) is 5.91 Å². The summed E-state index contributed by atoms with van der Waals surface area (Å²) in [7, 11) is 0. The first kappa shape index (κ1) is 20.0. The van der Waals surface area contributed by atoms with E-state index in [0.29, 0.717) is 12.2 Å². The van der Waals surface area contributed by atoms with E-state index < -0.39 is 35.2 Å². The van der Waals surface area contributed by atoms with Gasteiger partial charge in [0.1, 0.15) is 22.6 Å². The number of hydrogen-bond donors (Lipinski definition) is 1. The molecule has 2 fully saturated rings. The van der Waals surface area contributed by atoms with Gasteiger partial charge in [-0.15, -0.1) is 11.8 Å². The molecule has 3 atom stereocenters. The number of nitrogens with one attached hydrogen (secondary N) is 1. The molecule has 28 heavy (non-hydrogen) atoms. The van der Waals surface area contributed by atoms with Crippen molar-refractivity contribution < 1.29 is 23.5 Å². The average molecular weight is 403 g/mol. The number of amides is 1. The number of ether oxygens (including phenoxy) is 1. The fourth-order valence-corrected chi connectivity index (χ4v) is 5.20. The molecular formula is C19H18FN3O4S. The first-order valence-corrected chi connectivity index (χ1v) is 9.65. The topological polar surface area (TPSA) is 111 Å². The third-order valence-corrected chi connectivity index (χ3v) is 6.53. The Bertz CT molecular complexity index is 882. The first-order chi connectivity index (χ1) is 13.3. The van der Waals surface area contributed by atoms with Gasteiger partial charge in [0, 0.05) is 17.9 Å². The molecule has 3 rings (SSSR count). The Kier molecular flexibility index (Phi) is 5.52. The minimum Gasteiger partial charge on any atom is -0.456 e. The second-order valence-corrected chi connectivity index (χ2v) is 8.00.